The summed E-state index contributed by atoms with van der Waals surface area (Å²) in [4.78, 5) is 36.8. The Morgan fingerprint density at radius 1 is 1.04 bits per heavy atom. The van der Waals surface area contributed by atoms with Crippen LogP contribution in [0.1, 0.15) is 10.4 Å². The minimum absolute atomic E-state index is 0.129. The van der Waals surface area contributed by atoms with Crippen LogP contribution in [0, 0.1) is 3.57 Å². The Hall–Kier alpha value is -2.20. The lowest BCUT2D eigenvalue weighted by atomic mass is 10.0. The largest absolute Gasteiger partial charge is 0.480 e. The van der Waals surface area contributed by atoms with Crippen LogP contribution in [0.5, 0.6) is 0 Å². The average molecular weight is 454 g/mol. The predicted octanol–water partition coefficient (Wildman–Crippen LogP) is 1.40. The van der Waals surface area contributed by atoms with Gasteiger partial charge in [0.15, 0.2) is 6.04 Å². The Balaban J connectivity index is 1.96. The van der Waals surface area contributed by atoms with Gasteiger partial charge >= 0.3 is 11.9 Å². The zero-order valence-electron chi connectivity index (χ0n) is 13.0. The summed E-state index contributed by atoms with van der Waals surface area (Å²) in [7, 11) is 0. The lowest BCUT2D eigenvalue weighted by Crippen LogP contribution is -2.65. The molecule has 0 spiro atoms. The fourth-order valence-corrected chi connectivity index (χ4v) is 3.53. The van der Waals surface area contributed by atoms with Crippen molar-refractivity contribution in [2.45, 2.75) is 12.1 Å². The minimum Gasteiger partial charge on any atom is -0.480 e. The summed E-state index contributed by atoms with van der Waals surface area (Å²) in [6, 6.07) is 8.14. The number of piperazine rings is 1. The van der Waals surface area contributed by atoms with Crippen molar-refractivity contribution in [2.24, 2.45) is 0 Å². The third-order valence-electron chi connectivity index (χ3n) is 4.20. The molecule has 1 aliphatic rings. The summed E-state index contributed by atoms with van der Waals surface area (Å²) >= 11 is 2.20. The number of carbonyl (C=O) groups is 3. The normalized spacial score (nSPS) is 20.4. The van der Waals surface area contributed by atoms with Gasteiger partial charge in [0.1, 0.15) is 6.04 Å². The van der Waals surface area contributed by atoms with Gasteiger partial charge in [-0.15, -0.1) is 0 Å². The quantitative estimate of drug-likeness (QED) is 0.606. The zero-order chi connectivity index (χ0) is 18.1. The van der Waals surface area contributed by atoms with Gasteiger partial charge in [0.25, 0.3) is 5.91 Å². The molecule has 1 heterocycles. The van der Waals surface area contributed by atoms with Crippen LogP contribution in [0.3, 0.4) is 0 Å². The predicted molar refractivity (Wildman–Crippen MR) is 98.6 cm³/mol. The number of hydrogen-bond donors (Lipinski definition) is 3. The standard InChI is InChI=1S/C17H15IN2O5/c18-12-4-3-9-7-11(2-1-10(9)8-12)15(21)20-6-5-19-13(16(22)23)14(20)17(24)25/h1-4,7-8,13-14,19H,5-6H2,(H,22,23)(H,24,25)/t13-,14+/m0/s1. The Kier molecular flexibility index (Phi) is 4.91. The molecule has 130 valence electrons. The summed E-state index contributed by atoms with van der Waals surface area (Å²) in [5, 5.41) is 23.1. The number of nitrogens with one attached hydrogen (secondary N) is 1. The Morgan fingerprint density at radius 3 is 2.40 bits per heavy atom. The topological polar surface area (TPSA) is 107 Å². The SMILES string of the molecule is O=C(O)[C@H]1NCCN(C(=O)c2ccc3cc(I)ccc3c2)[C@H]1C(=O)O. The number of halogens is 1. The van der Waals surface area contributed by atoms with Crippen molar-refractivity contribution in [1.82, 2.24) is 10.2 Å². The van der Waals surface area contributed by atoms with Gasteiger partial charge in [-0.05, 0) is 57.6 Å². The maximum absolute atomic E-state index is 12.8. The van der Waals surface area contributed by atoms with Gasteiger partial charge in [0.2, 0.25) is 0 Å². The summed E-state index contributed by atoms with van der Waals surface area (Å²) in [5.41, 5.74) is 0.339. The van der Waals surface area contributed by atoms with Gasteiger partial charge in [-0.25, -0.2) is 4.79 Å². The van der Waals surface area contributed by atoms with Crippen LogP contribution in [0.4, 0.5) is 0 Å². The van der Waals surface area contributed by atoms with Crippen molar-refractivity contribution in [3.05, 3.63) is 45.5 Å². The maximum Gasteiger partial charge on any atom is 0.328 e. The number of benzene rings is 2. The van der Waals surface area contributed by atoms with Gasteiger partial charge in [0, 0.05) is 22.2 Å². The van der Waals surface area contributed by atoms with Gasteiger partial charge in [-0.3, -0.25) is 9.59 Å². The number of hydrogen-bond acceptors (Lipinski definition) is 4. The number of rotatable bonds is 3. The maximum atomic E-state index is 12.8. The van der Waals surface area contributed by atoms with Gasteiger partial charge < -0.3 is 20.4 Å². The molecule has 0 radical (unpaired) electrons. The molecule has 3 N–H and O–H groups in total. The van der Waals surface area contributed by atoms with Crippen LogP contribution in [0.25, 0.3) is 10.8 Å². The van der Waals surface area contributed by atoms with E-state index in [9.17, 15) is 24.6 Å². The number of carboxylic acid groups (broad SMARTS) is 2. The smallest absolute Gasteiger partial charge is 0.328 e. The van der Waals surface area contributed by atoms with Crippen molar-refractivity contribution >= 4 is 51.2 Å². The monoisotopic (exact) mass is 454 g/mol. The second-order valence-electron chi connectivity index (χ2n) is 5.76. The molecule has 2 atom stereocenters. The van der Waals surface area contributed by atoms with E-state index >= 15 is 0 Å². The Bertz CT molecular complexity index is 869. The zero-order valence-corrected chi connectivity index (χ0v) is 15.1. The van der Waals surface area contributed by atoms with Gasteiger partial charge in [-0.2, -0.15) is 0 Å². The number of carboxylic acids is 2. The summed E-state index contributed by atoms with van der Waals surface area (Å²) in [6.45, 7) is 0.350. The molecule has 3 rings (SSSR count). The lowest BCUT2D eigenvalue weighted by molar-refractivity contribution is -0.152. The number of fused-ring (bicyclic) bond motifs is 1. The number of amides is 1. The van der Waals surface area contributed by atoms with Crippen LogP contribution in [0.15, 0.2) is 36.4 Å². The van der Waals surface area contributed by atoms with Crippen molar-refractivity contribution < 1.29 is 24.6 Å². The number of nitrogens with zero attached hydrogens (tertiary/aromatic N) is 1. The van der Waals surface area contributed by atoms with Crippen LogP contribution in [0.2, 0.25) is 0 Å². The van der Waals surface area contributed by atoms with E-state index in [1.165, 1.54) is 0 Å². The molecule has 0 saturated carbocycles. The highest BCUT2D eigenvalue weighted by Crippen LogP contribution is 2.21. The fraction of sp³-hybridized carbons (Fsp3) is 0.235. The molecule has 25 heavy (non-hydrogen) atoms. The van der Waals surface area contributed by atoms with Crippen molar-refractivity contribution in [3.8, 4) is 0 Å². The molecule has 2 aromatic rings. The highest BCUT2D eigenvalue weighted by atomic mass is 127. The van der Waals surface area contributed by atoms with E-state index in [4.69, 9.17) is 0 Å². The first-order valence-electron chi connectivity index (χ1n) is 7.58. The van der Waals surface area contributed by atoms with E-state index in [-0.39, 0.29) is 13.1 Å². The van der Waals surface area contributed by atoms with E-state index in [2.05, 4.69) is 27.9 Å². The molecule has 0 aromatic heterocycles. The minimum atomic E-state index is -1.45. The first-order chi connectivity index (χ1) is 11.9. The van der Waals surface area contributed by atoms with Crippen LogP contribution < -0.4 is 5.32 Å². The molecule has 1 amide bonds. The molecule has 0 aliphatic carbocycles. The second kappa shape index (κ2) is 6.96. The molecule has 2 aromatic carbocycles. The van der Waals surface area contributed by atoms with E-state index < -0.39 is 29.9 Å². The summed E-state index contributed by atoms with van der Waals surface area (Å²) in [5.74, 6) is -3.12. The molecule has 7 nitrogen and oxygen atoms in total. The van der Waals surface area contributed by atoms with Crippen molar-refractivity contribution in [3.63, 3.8) is 0 Å². The highest BCUT2D eigenvalue weighted by Gasteiger charge is 2.43. The van der Waals surface area contributed by atoms with Crippen LogP contribution >= 0.6 is 22.6 Å². The summed E-state index contributed by atoms with van der Waals surface area (Å²) in [6.07, 6.45) is 0. The molecule has 0 bridgehead atoms. The fourth-order valence-electron chi connectivity index (χ4n) is 3.01. The van der Waals surface area contributed by atoms with Gasteiger partial charge in [-0.1, -0.05) is 12.1 Å². The third kappa shape index (κ3) is 3.45. The Morgan fingerprint density at radius 2 is 1.72 bits per heavy atom. The molecule has 1 aliphatic heterocycles. The third-order valence-corrected chi connectivity index (χ3v) is 4.87. The molecular weight excluding hydrogens is 439 g/mol. The second-order valence-corrected chi connectivity index (χ2v) is 7.00. The van der Waals surface area contributed by atoms with E-state index in [1.807, 2.05) is 18.2 Å². The Labute approximate surface area is 156 Å². The van der Waals surface area contributed by atoms with E-state index in [1.54, 1.807) is 18.2 Å². The lowest BCUT2D eigenvalue weighted by Gasteiger charge is -2.37. The molecule has 1 fully saturated rings. The van der Waals surface area contributed by atoms with E-state index in [0.717, 1.165) is 19.2 Å². The molecular formula is C17H15IN2O5. The number of aliphatic carboxylic acids is 2. The van der Waals surface area contributed by atoms with Crippen LogP contribution in [-0.2, 0) is 9.59 Å². The van der Waals surface area contributed by atoms with Crippen molar-refractivity contribution in [2.75, 3.05) is 13.1 Å². The average Bonchev–Trinajstić information content (AvgIpc) is 2.59. The molecule has 0 unspecified atom stereocenters. The molecule has 8 heteroatoms. The van der Waals surface area contributed by atoms with Crippen molar-refractivity contribution in [1.29, 1.82) is 0 Å². The molecule has 1 saturated heterocycles. The first kappa shape index (κ1) is 17.6. The first-order valence-corrected chi connectivity index (χ1v) is 8.65. The van der Waals surface area contributed by atoms with Gasteiger partial charge in [0.05, 0.1) is 0 Å². The number of carbonyl (C=O) groups excluding carboxylic acids is 1. The highest BCUT2D eigenvalue weighted by molar-refractivity contribution is 14.1. The van der Waals surface area contributed by atoms with E-state index in [0.29, 0.717) is 5.56 Å². The van der Waals surface area contributed by atoms with Crippen LogP contribution in [-0.4, -0.2) is 58.1 Å². The summed E-state index contributed by atoms with van der Waals surface area (Å²) < 4.78 is 1.07.